The number of fused-ring (bicyclic) bond motifs is 1. The minimum absolute atomic E-state index is 0.467. The Kier molecular flexibility index (Phi) is 3.82. The van der Waals surface area contributed by atoms with Gasteiger partial charge in [-0.1, -0.05) is 19.1 Å². The predicted molar refractivity (Wildman–Crippen MR) is 74.5 cm³/mol. The second-order valence-corrected chi connectivity index (χ2v) is 4.28. The molecule has 18 heavy (non-hydrogen) atoms. The Labute approximate surface area is 107 Å². The van der Waals surface area contributed by atoms with Gasteiger partial charge in [-0.2, -0.15) is 0 Å². The molecule has 0 saturated carbocycles. The Balaban J connectivity index is 2.10. The Hall–Kier alpha value is -2.04. The molecule has 0 spiro atoms. The zero-order valence-electron chi connectivity index (χ0n) is 10.8. The molecule has 0 aliphatic heterocycles. The zero-order valence-corrected chi connectivity index (χ0v) is 10.8. The Bertz CT molecular complexity index is 556. The maximum atomic E-state index is 5.73. The van der Waals surface area contributed by atoms with Crippen LogP contribution >= 0.6 is 0 Å². The molecule has 0 saturated heterocycles. The molecule has 2 aromatic rings. The van der Waals surface area contributed by atoms with Crippen LogP contribution in [0.3, 0.4) is 0 Å². The normalized spacial score (nSPS) is 12.0. The molecule has 0 amide bonds. The lowest BCUT2D eigenvalue weighted by Gasteiger charge is -2.01. The highest BCUT2D eigenvalue weighted by atomic mass is 15.1. The Morgan fingerprint density at radius 3 is 3.06 bits per heavy atom. The summed E-state index contributed by atoms with van der Waals surface area (Å²) < 4.78 is 0. The number of nitrogens with one attached hydrogen (secondary N) is 2. The van der Waals surface area contributed by atoms with Crippen LogP contribution < -0.4 is 11.1 Å². The fraction of sp³-hybridized carbons (Fsp3) is 0.385. The molecule has 0 aliphatic carbocycles. The van der Waals surface area contributed by atoms with E-state index in [2.05, 4.69) is 27.2 Å². The summed E-state index contributed by atoms with van der Waals surface area (Å²) in [5, 5.41) is 3.03. The van der Waals surface area contributed by atoms with Crippen molar-refractivity contribution in [2.75, 3.05) is 6.54 Å². The predicted octanol–water partition coefficient (Wildman–Crippen LogP) is 1.69. The second kappa shape index (κ2) is 5.53. The Morgan fingerprint density at radius 1 is 1.50 bits per heavy atom. The summed E-state index contributed by atoms with van der Waals surface area (Å²) >= 11 is 0. The molecule has 5 nitrogen and oxygen atoms in total. The van der Waals surface area contributed by atoms with E-state index in [-0.39, 0.29) is 0 Å². The number of aromatic amines is 1. The molecule has 2 rings (SSSR count). The van der Waals surface area contributed by atoms with E-state index in [1.165, 1.54) is 0 Å². The average molecular weight is 245 g/mol. The van der Waals surface area contributed by atoms with Gasteiger partial charge in [-0.3, -0.25) is 0 Å². The standard InChI is InChI=1S/C13H19N5/c1-3-7-15-13(14)16-8-11-17-10-6-4-5-9(2)12(10)18-11/h4-6H,3,7-8H2,1-2H3,(H,17,18)(H3,14,15,16). The van der Waals surface area contributed by atoms with Gasteiger partial charge in [0.05, 0.1) is 11.0 Å². The molecular weight excluding hydrogens is 226 g/mol. The number of aliphatic imine (C=N–C) groups is 1. The van der Waals surface area contributed by atoms with Crippen LogP contribution in [0.5, 0.6) is 0 Å². The highest BCUT2D eigenvalue weighted by molar-refractivity contribution is 5.79. The summed E-state index contributed by atoms with van der Waals surface area (Å²) in [5.74, 6) is 1.30. The molecule has 1 heterocycles. The molecule has 0 aliphatic rings. The number of rotatable bonds is 4. The highest BCUT2D eigenvalue weighted by Crippen LogP contribution is 2.15. The summed E-state index contributed by atoms with van der Waals surface area (Å²) in [6, 6.07) is 6.08. The van der Waals surface area contributed by atoms with Crippen molar-refractivity contribution < 1.29 is 0 Å². The number of H-pyrrole nitrogens is 1. The van der Waals surface area contributed by atoms with Gasteiger partial charge in [0.15, 0.2) is 5.96 Å². The van der Waals surface area contributed by atoms with Crippen LogP contribution in [0.1, 0.15) is 24.7 Å². The van der Waals surface area contributed by atoms with E-state index in [9.17, 15) is 0 Å². The first-order valence-corrected chi connectivity index (χ1v) is 6.18. The molecule has 4 N–H and O–H groups in total. The van der Waals surface area contributed by atoms with E-state index in [4.69, 9.17) is 5.73 Å². The molecule has 1 aromatic carbocycles. The fourth-order valence-corrected chi connectivity index (χ4v) is 1.77. The number of hydrogen-bond donors (Lipinski definition) is 3. The second-order valence-electron chi connectivity index (χ2n) is 4.28. The maximum absolute atomic E-state index is 5.73. The van der Waals surface area contributed by atoms with E-state index in [1.54, 1.807) is 0 Å². The number of aryl methyl sites for hydroxylation is 1. The molecule has 0 radical (unpaired) electrons. The number of nitrogens with zero attached hydrogens (tertiary/aromatic N) is 2. The van der Waals surface area contributed by atoms with Crippen LogP contribution in [0.15, 0.2) is 23.2 Å². The van der Waals surface area contributed by atoms with E-state index < -0.39 is 0 Å². The number of hydrogen-bond acceptors (Lipinski definition) is 2. The van der Waals surface area contributed by atoms with Crippen molar-refractivity contribution in [2.24, 2.45) is 10.7 Å². The molecule has 1 aromatic heterocycles. The number of para-hydroxylation sites is 1. The lowest BCUT2D eigenvalue weighted by Crippen LogP contribution is -2.32. The minimum Gasteiger partial charge on any atom is -0.370 e. The first-order valence-electron chi connectivity index (χ1n) is 6.18. The van der Waals surface area contributed by atoms with Gasteiger partial charge in [-0.25, -0.2) is 9.98 Å². The number of imidazole rings is 1. The van der Waals surface area contributed by atoms with Gasteiger partial charge in [-0.05, 0) is 25.0 Å². The molecule has 0 fully saturated rings. The van der Waals surface area contributed by atoms with E-state index in [1.807, 2.05) is 25.1 Å². The van der Waals surface area contributed by atoms with Gasteiger partial charge in [-0.15, -0.1) is 0 Å². The molecular formula is C13H19N5. The van der Waals surface area contributed by atoms with Gasteiger partial charge in [0.1, 0.15) is 12.4 Å². The van der Waals surface area contributed by atoms with Crippen molar-refractivity contribution in [1.29, 1.82) is 0 Å². The summed E-state index contributed by atoms with van der Waals surface area (Å²) in [6.45, 7) is 5.45. The lowest BCUT2D eigenvalue weighted by atomic mass is 10.2. The van der Waals surface area contributed by atoms with Gasteiger partial charge in [0.25, 0.3) is 0 Å². The minimum atomic E-state index is 0.467. The van der Waals surface area contributed by atoms with Crippen LogP contribution in [-0.2, 0) is 6.54 Å². The summed E-state index contributed by atoms with van der Waals surface area (Å²) in [5.41, 5.74) is 8.94. The third-order valence-electron chi connectivity index (χ3n) is 2.72. The van der Waals surface area contributed by atoms with Crippen LogP contribution in [0, 0.1) is 6.92 Å². The van der Waals surface area contributed by atoms with E-state index >= 15 is 0 Å². The van der Waals surface area contributed by atoms with Gasteiger partial charge < -0.3 is 16.0 Å². The van der Waals surface area contributed by atoms with Crippen molar-refractivity contribution >= 4 is 17.0 Å². The third kappa shape index (κ3) is 2.80. The van der Waals surface area contributed by atoms with Gasteiger partial charge >= 0.3 is 0 Å². The monoisotopic (exact) mass is 245 g/mol. The van der Waals surface area contributed by atoms with Gasteiger partial charge in [0, 0.05) is 6.54 Å². The van der Waals surface area contributed by atoms with Crippen molar-refractivity contribution in [1.82, 2.24) is 15.3 Å². The quantitative estimate of drug-likeness (QED) is 0.566. The number of benzene rings is 1. The number of nitrogens with two attached hydrogens (primary N) is 1. The summed E-state index contributed by atoms with van der Waals surface area (Å²) in [4.78, 5) is 12.0. The lowest BCUT2D eigenvalue weighted by molar-refractivity contribution is 0.821. The summed E-state index contributed by atoms with van der Waals surface area (Å²) in [7, 11) is 0. The van der Waals surface area contributed by atoms with Gasteiger partial charge in [0.2, 0.25) is 0 Å². The molecule has 0 unspecified atom stereocenters. The number of aromatic nitrogens is 2. The summed E-state index contributed by atoms with van der Waals surface area (Å²) in [6.07, 6.45) is 1.03. The SMILES string of the molecule is CCCNC(N)=NCc1nc2c(C)cccc2[nH]1. The van der Waals surface area contributed by atoms with Crippen molar-refractivity contribution in [3.63, 3.8) is 0 Å². The van der Waals surface area contributed by atoms with Crippen molar-refractivity contribution in [3.8, 4) is 0 Å². The van der Waals surface area contributed by atoms with Crippen molar-refractivity contribution in [2.45, 2.75) is 26.8 Å². The van der Waals surface area contributed by atoms with Crippen molar-refractivity contribution in [3.05, 3.63) is 29.6 Å². The van der Waals surface area contributed by atoms with E-state index in [0.29, 0.717) is 12.5 Å². The van der Waals surface area contributed by atoms with Crippen LogP contribution in [0.4, 0.5) is 0 Å². The molecule has 0 bridgehead atoms. The van der Waals surface area contributed by atoms with Crippen LogP contribution in [-0.4, -0.2) is 22.5 Å². The molecule has 5 heteroatoms. The number of guanidine groups is 1. The maximum Gasteiger partial charge on any atom is 0.189 e. The highest BCUT2D eigenvalue weighted by Gasteiger charge is 2.03. The Morgan fingerprint density at radius 2 is 2.33 bits per heavy atom. The first-order chi connectivity index (χ1) is 8.70. The average Bonchev–Trinajstić information content (AvgIpc) is 2.78. The smallest absolute Gasteiger partial charge is 0.189 e. The zero-order chi connectivity index (χ0) is 13.0. The van der Waals surface area contributed by atoms with E-state index in [0.717, 1.165) is 35.4 Å². The molecule has 96 valence electrons. The fourth-order valence-electron chi connectivity index (χ4n) is 1.77. The topological polar surface area (TPSA) is 79.1 Å². The van der Waals surface area contributed by atoms with Crippen LogP contribution in [0.25, 0.3) is 11.0 Å². The third-order valence-corrected chi connectivity index (χ3v) is 2.72. The first kappa shape index (κ1) is 12.4. The van der Waals surface area contributed by atoms with Crippen LogP contribution in [0.2, 0.25) is 0 Å². The largest absolute Gasteiger partial charge is 0.370 e. The molecule has 0 atom stereocenters.